The second kappa shape index (κ2) is 7.87. The van der Waals surface area contributed by atoms with Crippen LogP contribution in [-0.4, -0.2) is 51.1 Å². The molecule has 30 heavy (non-hydrogen) atoms. The van der Waals surface area contributed by atoms with Crippen molar-refractivity contribution >= 4 is 33.3 Å². The molecule has 0 bridgehead atoms. The number of hydrogen-bond donors (Lipinski definition) is 1. The molecule has 0 radical (unpaired) electrons. The highest BCUT2D eigenvalue weighted by Crippen LogP contribution is 2.43. The zero-order valence-corrected chi connectivity index (χ0v) is 17.8. The Kier molecular flexibility index (Phi) is 5.06. The topological polar surface area (TPSA) is 69.6 Å². The zero-order valence-electron chi connectivity index (χ0n) is 17.0. The number of carbonyl (C=O) groups excluding carboxylic acids is 1. The average Bonchev–Trinajstić information content (AvgIpc) is 3.31. The van der Waals surface area contributed by atoms with Crippen LogP contribution in [0.4, 0.5) is 5.82 Å². The highest BCUT2D eigenvalue weighted by molar-refractivity contribution is 7.17. The molecule has 1 spiro atoms. The van der Waals surface area contributed by atoms with Gasteiger partial charge in [0.1, 0.15) is 17.9 Å². The fraction of sp³-hybridized carbons (Fsp3) is 0.435. The van der Waals surface area contributed by atoms with E-state index in [0.717, 1.165) is 68.6 Å². The van der Waals surface area contributed by atoms with Crippen molar-refractivity contribution in [1.82, 2.24) is 14.9 Å². The van der Waals surface area contributed by atoms with Gasteiger partial charge in [0.2, 0.25) is 5.91 Å². The number of benzene rings is 1. The predicted molar refractivity (Wildman–Crippen MR) is 119 cm³/mol. The summed E-state index contributed by atoms with van der Waals surface area (Å²) in [7, 11) is 0. The lowest BCUT2D eigenvalue weighted by molar-refractivity contribution is -0.130. The van der Waals surface area contributed by atoms with Crippen LogP contribution in [0, 0.1) is 0 Å². The average molecular weight is 423 g/mol. The fourth-order valence-electron chi connectivity index (χ4n) is 5.14. The monoisotopic (exact) mass is 422 g/mol. The summed E-state index contributed by atoms with van der Waals surface area (Å²) >= 11 is 1.71. The Morgan fingerprint density at radius 2 is 1.97 bits per heavy atom. The summed E-state index contributed by atoms with van der Waals surface area (Å²) in [5.74, 6) is 1.42. The molecule has 2 aromatic heterocycles. The molecule has 0 aliphatic carbocycles. The van der Waals surface area contributed by atoms with E-state index in [9.17, 15) is 9.90 Å². The fourth-order valence-corrected chi connectivity index (χ4v) is 5.98. The van der Waals surface area contributed by atoms with Crippen LogP contribution in [0.3, 0.4) is 0 Å². The third kappa shape index (κ3) is 3.51. The number of anilines is 1. The third-order valence-electron chi connectivity index (χ3n) is 6.61. The summed E-state index contributed by atoms with van der Waals surface area (Å²) in [4.78, 5) is 26.5. The Labute approximate surface area is 180 Å². The molecule has 2 aliphatic heterocycles. The van der Waals surface area contributed by atoms with Crippen molar-refractivity contribution in [2.45, 2.75) is 44.1 Å². The highest BCUT2D eigenvalue weighted by Gasteiger charge is 2.43. The van der Waals surface area contributed by atoms with Gasteiger partial charge in [-0.15, -0.1) is 11.3 Å². The van der Waals surface area contributed by atoms with Gasteiger partial charge in [-0.05, 0) is 61.2 Å². The van der Waals surface area contributed by atoms with Crippen LogP contribution in [0.2, 0.25) is 0 Å². The Morgan fingerprint density at radius 3 is 2.83 bits per heavy atom. The lowest BCUT2D eigenvalue weighted by Crippen LogP contribution is -2.45. The number of thiophene rings is 1. The molecular weight excluding hydrogens is 396 g/mol. The lowest BCUT2D eigenvalue weighted by atomic mass is 9.87. The Morgan fingerprint density at radius 1 is 1.10 bits per heavy atom. The van der Waals surface area contributed by atoms with Crippen LogP contribution in [0.5, 0.6) is 5.75 Å². The smallest absolute Gasteiger partial charge is 0.226 e. The maximum Gasteiger partial charge on any atom is 0.226 e. The van der Waals surface area contributed by atoms with Crippen LogP contribution >= 0.6 is 11.3 Å². The molecule has 4 heterocycles. The van der Waals surface area contributed by atoms with E-state index >= 15 is 0 Å². The van der Waals surface area contributed by atoms with E-state index in [1.54, 1.807) is 35.9 Å². The minimum absolute atomic E-state index is 0.0747. The summed E-state index contributed by atoms with van der Waals surface area (Å²) in [6.07, 6.45) is 7.38. The first-order chi connectivity index (χ1) is 14.6. The molecule has 2 fully saturated rings. The standard InChI is InChI=1S/C23H26N4O2S/c28-18-5-1-4-17(14-18)15-20(29)26-10-2-7-23(9-12-26)8-3-11-27(23)22-21-19(6-13-30-21)24-16-25-22/h1,4-6,13-14,16,28H,2-3,7-12,15H2/t23-/m1/s1. The van der Waals surface area contributed by atoms with Crippen molar-refractivity contribution in [2.24, 2.45) is 0 Å². The van der Waals surface area contributed by atoms with Gasteiger partial charge in [0.15, 0.2) is 0 Å². The molecule has 0 unspecified atom stereocenters. The normalized spacial score (nSPS) is 22.0. The van der Waals surface area contributed by atoms with E-state index in [-0.39, 0.29) is 17.2 Å². The summed E-state index contributed by atoms with van der Waals surface area (Å²) in [5.41, 5.74) is 1.96. The number of amides is 1. The molecule has 3 aromatic rings. The Balaban J connectivity index is 1.34. The molecule has 0 saturated carbocycles. The third-order valence-corrected chi connectivity index (χ3v) is 7.51. The van der Waals surface area contributed by atoms with Crippen molar-refractivity contribution in [1.29, 1.82) is 0 Å². The van der Waals surface area contributed by atoms with Gasteiger partial charge in [0.05, 0.1) is 16.6 Å². The number of likely N-dealkylation sites (tertiary alicyclic amines) is 1. The molecule has 1 atom stereocenters. The maximum atomic E-state index is 12.9. The lowest BCUT2D eigenvalue weighted by Gasteiger charge is -2.39. The van der Waals surface area contributed by atoms with Crippen molar-refractivity contribution in [2.75, 3.05) is 24.5 Å². The van der Waals surface area contributed by atoms with Crippen LogP contribution in [0.1, 0.15) is 37.7 Å². The van der Waals surface area contributed by atoms with Crippen molar-refractivity contribution in [3.05, 3.63) is 47.6 Å². The number of aromatic nitrogens is 2. The van der Waals surface area contributed by atoms with E-state index in [4.69, 9.17) is 0 Å². The van der Waals surface area contributed by atoms with Gasteiger partial charge in [-0.3, -0.25) is 4.79 Å². The Bertz CT molecular complexity index is 1070. The largest absolute Gasteiger partial charge is 0.508 e. The number of rotatable bonds is 3. The molecular formula is C23H26N4O2S. The summed E-state index contributed by atoms with van der Waals surface area (Å²) in [6, 6.07) is 9.06. The van der Waals surface area contributed by atoms with Gasteiger partial charge in [-0.25, -0.2) is 9.97 Å². The first kappa shape index (κ1) is 19.3. The van der Waals surface area contributed by atoms with Gasteiger partial charge in [-0.2, -0.15) is 0 Å². The molecule has 2 aliphatic rings. The minimum atomic E-state index is 0.0747. The predicted octanol–water partition coefficient (Wildman–Crippen LogP) is 3.99. The number of nitrogens with zero attached hydrogens (tertiary/aromatic N) is 4. The van der Waals surface area contributed by atoms with Crippen molar-refractivity contribution in [3.8, 4) is 5.75 Å². The number of aromatic hydroxyl groups is 1. The number of phenols is 1. The van der Waals surface area contributed by atoms with E-state index in [1.807, 2.05) is 11.0 Å². The number of hydrogen-bond acceptors (Lipinski definition) is 6. The van der Waals surface area contributed by atoms with Gasteiger partial charge in [0, 0.05) is 25.2 Å². The molecule has 1 amide bonds. The summed E-state index contributed by atoms with van der Waals surface area (Å²) < 4.78 is 1.17. The Hall–Kier alpha value is -2.67. The number of carbonyl (C=O) groups is 1. The van der Waals surface area contributed by atoms with Crippen LogP contribution in [0.25, 0.3) is 10.2 Å². The first-order valence-corrected chi connectivity index (χ1v) is 11.5. The van der Waals surface area contributed by atoms with Crippen LogP contribution in [0.15, 0.2) is 42.0 Å². The van der Waals surface area contributed by atoms with Gasteiger partial charge < -0.3 is 14.9 Å². The van der Waals surface area contributed by atoms with Crippen LogP contribution in [-0.2, 0) is 11.2 Å². The van der Waals surface area contributed by atoms with Gasteiger partial charge in [-0.1, -0.05) is 12.1 Å². The molecule has 5 rings (SSSR count). The number of phenolic OH excluding ortho intramolecular Hbond substituents is 1. The molecule has 6 nitrogen and oxygen atoms in total. The molecule has 7 heteroatoms. The van der Waals surface area contributed by atoms with Crippen LogP contribution < -0.4 is 4.90 Å². The SMILES string of the molecule is O=C(Cc1cccc(O)c1)N1CCC[C@@]2(CCCN2c2ncnc3ccsc23)CC1. The second-order valence-electron chi connectivity index (χ2n) is 8.39. The number of fused-ring (bicyclic) bond motifs is 1. The molecule has 2 saturated heterocycles. The molecule has 1 aromatic carbocycles. The van der Waals surface area contributed by atoms with E-state index < -0.39 is 0 Å². The minimum Gasteiger partial charge on any atom is -0.508 e. The molecule has 156 valence electrons. The van der Waals surface area contributed by atoms with Crippen molar-refractivity contribution < 1.29 is 9.90 Å². The quantitative estimate of drug-likeness (QED) is 0.691. The van der Waals surface area contributed by atoms with E-state index in [2.05, 4.69) is 26.3 Å². The highest BCUT2D eigenvalue weighted by atomic mass is 32.1. The van der Waals surface area contributed by atoms with Gasteiger partial charge >= 0.3 is 0 Å². The van der Waals surface area contributed by atoms with E-state index in [0.29, 0.717) is 6.42 Å². The zero-order chi connectivity index (χ0) is 20.6. The summed E-state index contributed by atoms with van der Waals surface area (Å²) in [5, 5.41) is 11.8. The van der Waals surface area contributed by atoms with E-state index in [1.165, 1.54) is 4.70 Å². The molecule has 1 N–H and O–H groups in total. The first-order valence-electron chi connectivity index (χ1n) is 10.7. The summed E-state index contributed by atoms with van der Waals surface area (Å²) in [6.45, 7) is 2.58. The second-order valence-corrected chi connectivity index (χ2v) is 9.31. The van der Waals surface area contributed by atoms with Gasteiger partial charge in [0.25, 0.3) is 0 Å². The van der Waals surface area contributed by atoms with Crippen molar-refractivity contribution in [3.63, 3.8) is 0 Å². The maximum absolute atomic E-state index is 12.9.